The highest BCUT2D eigenvalue weighted by Crippen LogP contribution is 2.28. The van der Waals surface area contributed by atoms with Crippen molar-refractivity contribution in [2.45, 2.75) is 6.61 Å². The highest BCUT2D eigenvalue weighted by atomic mass is 35.5. The van der Waals surface area contributed by atoms with Crippen LogP contribution in [0.4, 0.5) is 0 Å². The average Bonchev–Trinajstić information content (AvgIpc) is 2.46. The van der Waals surface area contributed by atoms with Gasteiger partial charge < -0.3 is 10.0 Å². The van der Waals surface area contributed by atoms with Crippen molar-refractivity contribution in [1.29, 1.82) is 0 Å². The number of hydrogen-bond donors (Lipinski definition) is 1. The van der Waals surface area contributed by atoms with Crippen LogP contribution in [0.15, 0.2) is 42.5 Å². The molecule has 2 aromatic rings. The van der Waals surface area contributed by atoms with Crippen LogP contribution >= 0.6 is 11.6 Å². The van der Waals surface area contributed by atoms with Crippen molar-refractivity contribution in [2.75, 3.05) is 14.1 Å². The molecule has 0 heterocycles. The second kappa shape index (κ2) is 6.07. The number of hydrogen-bond acceptors (Lipinski definition) is 2. The molecule has 0 unspecified atom stereocenters. The van der Waals surface area contributed by atoms with Crippen molar-refractivity contribution in [1.82, 2.24) is 4.90 Å². The van der Waals surface area contributed by atoms with Gasteiger partial charge in [0.2, 0.25) is 0 Å². The smallest absolute Gasteiger partial charge is 0.253 e. The molecular formula is C16H16ClNO2. The van der Waals surface area contributed by atoms with Crippen molar-refractivity contribution < 1.29 is 9.90 Å². The van der Waals surface area contributed by atoms with Gasteiger partial charge in [-0.3, -0.25) is 4.79 Å². The van der Waals surface area contributed by atoms with Gasteiger partial charge in [0.05, 0.1) is 6.61 Å². The van der Waals surface area contributed by atoms with Gasteiger partial charge in [-0.25, -0.2) is 0 Å². The van der Waals surface area contributed by atoms with Gasteiger partial charge in [0, 0.05) is 24.7 Å². The Balaban J connectivity index is 2.51. The number of benzene rings is 2. The molecule has 0 radical (unpaired) electrons. The lowest BCUT2D eigenvalue weighted by molar-refractivity contribution is 0.0827. The van der Waals surface area contributed by atoms with Crippen LogP contribution in [0, 0.1) is 0 Å². The minimum atomic E-state index is -0.0711. The Bertz CT molecular complexity index is 638. The third kappa shape index (κ3) is 3.00. The van der Waals surface area contributed by atoms with E-state index in [0.29, 0.717) is 10.6 Å². The Hall–Kier alpha value is -1.84. The Labute approximate surface area is 123 Å². The van der Waals surface area contributed by atoms with E-state index in [2.05, 4.69) is 0 Å². The van der Waals surface area contributed by atoms with Gasteiger partial charge in [-0.2, -0.15) is 0 Å². The SMILES string of the molecule is CN(C)C(=O)c1cccc(-c2cc(Cl)ccc2CO)c1. The summed E-state index contributed by atoms with van der Waals surface area (Å²) in [6, 6.07) is 12.6. The summed E-state index contributed by atoms with van der Waals surface area (Å²) in [5, 5.41) is 10.0. The van der Waals surface area contributed by atoms with E-state index in [4.69, 9.17) is 11.6 Å². The Morgan fingerprint density at radius 1 is 1.20 bits per heavy atom. The van der Waals surface area contributed by atoms with E-state index in [1.807, 2.05) is 18.2 Å². The van der Waals surface area contributed by atoms with Gasteiger partial charge in [-0.15, -0.1) is 0 Å². The monoisotopic (exact) mass is 289 g/mol. The van der Waals surface area contributed by atoms with Crippen LogP contribution in [-0.4, -0.2) is 30.0 Å². The van der Waals surface area contributed by atoms with Gasteiger partial charge in [0.15, 0.2) is 0 Å². The number of carbonyl (C=O) groups excluding carboxylic acids is 1. The molecule has 0 aliphatic heterocycles. The van der Waals surface area contributed by atoms with Crippen LogP contribution in [0.1, 0.15) is 15.9 Å². The predicted octanol–water partition coefficient (Wildman–Crippen LogP) is 3.20. The molecule has 1 amide bonds. The first-order chi connectivity index (χ1) is 9.52. The van der Waals surface area contributed by atoms with E-state index < -0.39 is 0 Å². The van der Waals surface area contributed by atoms with E-state index >= 15 is 0 Å². The van der Waals surface area contributed by atoms with E-state index in [-0.39, 0.29) is 12.5 Å². The van der Waals surface area contributed by atoms with Crippen molar-refractivity contribution in [3.63, 3.8) is 0 Å². The van der Waals surface area contributed by atoms with Crippen LogP contribution in [0.3, 0.4) is 0 Å². The fourth-order valence-electron chi connectivity index (χ4n) is 2.03. The Kier molecular flexibility index (Phi) is 4.42. The normalized spacial score (nSPS) is 10.4. The summed E-state index contributed by atoms with van der Waals surface area (Å²) in [4.78, 5) is 13.5. The fraction of sp³-hybridized carbons (Fsp3) is 0.188. The summed E-state index contributed by atoms with van der Waals surface area (Å²) in [7, 11) is 3.43. The second-order valence-electron chi connectivity index (χ2n) is 4.74. The van der Waals surface area contributed by atoms with E-state index in [0.717, 1.165) is 16.7 Å². The molecule has 2 rings (SSSR count). The van der Waals surface area contributed by atoms with Gasteiger partial charge in [0.1, 0.15) is 0 Å². The summed E-state index contributed by atoms with van der Waals surface area (Å²) in [6.45, 7) is -0.0711. The number of halogens is 1. The Morgan fingerprint density at radius 3 is 2.60 bits per heavy atom. The Morgan fingerprint density at radius 2 is 1.95 bits per heavy atom. The second-order valence-corrected chi connectivity index (χ2v) is 5.18. The quantitative estimate of drug-likeness (QED) is 0.942. The zero-order valence-electron chi connectivity index (χ0n) is 11.4. The minimum absolute atomic E-state index is 0.0561. The molecule has 1 N–H and O–H groups in total. The molecule has 3 nitrogen and oxygen atoms in total. The maximum Gasteiger partial charge on any atom is 0.253 e. The average molecular weight is 290 g/mol. The van der Waals surface area contributed by atoms with Gasteiger partial charge in [0.25, 0.3) is 5.91 Å². The van der Waals surface area contributed by atoms with Crippen molar-refractivity contribution in [3.05, 3.63) is 58.6 Å². The molecule has 2 aromatic carbocycles. The summed E-state index contributed by atoms with van der Waals surface area (Å²) in [5.41, 5.74) is 3.10. The number of nitrogens with zero attached hydrogens (tertiary/aromatic N) is 1. The van der Waals surface area contributed by atoms with Crippen LogP contribution < -0.4 is 0 Å². The molecule has 0 saturated carbocycles. The van der Waals surface area contributed by atoms with Crippen molar-refractivity contribution >= 4 is 17.5 Å². The van der Waals surface area contributed by atoms with E-state index in [1.165, 1.54) is 4.90 Å². The molecule has 0 atom stereocenters. The van der Waals surface area contributed by atoms with Gasteiger partial charge >= 0.3 is 0 Å². The standard InChI is InChI=1S/C16H16ClNO2/c1-18(2)16(20)12-5-3-4-11(8-12)15-9-14(17)7-6-13(15)10-19/h3-9,19H,10H2,1-2H3. The van der Waals surface area contributed by atoms with Crippen molar-refractivity contribution in [3.8, 4) is 11.1 Å². The van der Waals surface area contributed by atoms with E-state index in [9.17, 15) is 9.90 Å². The first-order valence-corrected chi connectivity index (χ1v) is 6.62. The number of rotatable bonds is 3. The molecule has 0 aliphatic rings. The highest BCUT2D eigenvalue weighted by Gasteiger charge is 2.11. The lowest BCUT2D eigenvalue weighted by atomic mass is 9.98. The molecule has 4 heteroatoms. The molecule has 20 heavy (non-hydrogen) atoms. The van der Waals surface area contributed by atoms with E-state index in [1.54, 1.807) is 38.4 Å². The van der Waals surface area contributed by atoms with Crippen molar-refractivity contribution in [2.24, 2.45) is 0 Å². The predicted molar refractivity (Wildman–Crippen MR) is 80.8 cm³/mol. The molecular weight excluding hydrogens is 274 g/mol. The number of aliphatic hydroxyl groups is 1. The highest BCUT2D eigenvalue weighted by molar-refractivity contribution is 6.30. The lowest BCUT2D eigenvalue weighted by Gasteiger charge is -2.13. The zero-order valence-corrected chi connectivity index (χ0v) is 12.2. The molecule has 0 spiro atoms. The molecule has 0 saturated heterocycles. The molecule has 0 fully saturated rings. The maximum absolute atomic E-state index is 12.0. The lowest BCUT2D eigenvalue weighted by Crippen LogP contribution is -2.21. The number of aliphatic hydroxyl groups excluding tert-OH is 1. The maximum atomic E-state index is 12.0. The first-order valence-electron chi connectivity index (χ1n) is 6.24. The summed E-state index contributed by atoms with van der Waals surface area (Å²) in [6.07, 6.45) is 0. The largest absolute Gasteiger partial charge is 0.392 e. The van der Waals surface area contributed by atoms with Gasteiger partial charge in [-0.05, 0) is 41.0 Å². The van der Waals surface area contributed by atoms with Crippen LogP contribution in [0.2, 0.25) is 5.02 Å². The zero-order chi connectivity index (χ0) is 14.7. The summed E-state index contributed by atoms with van der Waals surface area (Å²) in [5.74, 6) is -0.0561. The first kappa shape index (κ1) is 14.6. The summed E-state index contributed by atoms with van der Waals surface area (Å²) < 4.78 is 0. The number of amides is 1. The van der Waals surface area contributed by atoms with Gasteiger partial charge in [-0.1, -0.05) is 29.8 Å². The number of carbonyl (C=O) groups is 1. The topological polar surface area (TPSA) is 40.5 Å². The molecule has 104 valence electrons. The third-order valence-corrected chi connectivity index (χ3v) is 3.30. The molecule has 0 aliphatic carbocycles. The van der Waals surface area contributed by atoms with Crippen LogP contribution in [0.5, 0.6) is 0 Å². The fourth-order valence-corrected chi connectivity index (χ4v) is 2.21. The van der Waals surface area contributed by atoms with Crippen LogP contribution in [0.25, 0.3) is 11.1 Å². The molecule has 0 bridgehead atoms. The minimum Gasteiger partial charge on any atom is -0.392 e. The third-order valence-electron chi connectivity index (χ3n) is 3.07. The molecule has 0 aromatic heterocycles. The van der Waals surface area contributed by atoms with Crippen LogP contribution in [-0.2, 0) is 6.61 Å². The summed E-state index contributed by atoms with van der Waals surface area (Å²) >= 11 is 6.02.